The van der Waals surface area contributed by atoms with Crippen molar-refractivity contribution < 1.29 is 9.53 Å². The Morgan fingerprint density at radius 1 is 0.930 bits per heavy atom. The summed E-state index contributed by atoms with van der Waals surface area (Å²) in [6.07, 6.45) is 3.30. The molecule has 0 spiro atoms. The molecule has 3 aromatic carbocycles. The number of pyridine rings is 1. The summed E-state index contributed by atoms with van der Waals surface area (Å²) in [7, 11) is 1.87. The predicted molar refractivity (Wildman–Crippen MR) is 173 cm³/mol. The van der Waals surface area contributed by atoms with Crippen LogP contribution >= 0.6 is 11.6 Å². The van der Waals surface area contributed by atoms with Crippen LogP contribution in [0, 0.1) is 0 Å². The highest BCUT2D eigenvalue weighted by molar-refractivity contribution is 6.30. The van der Waals surface area contributed by atoms with Crippen LogP contribution < -0.4 is 20.7 Å². The average molecular weight is 598 g/mol. The van der Waals surface area contributed by atoms with Crippen LogP contribution in [0.25, 0.3) is 16.9 Å². The van der Waals surface area contributed by atoms with Gasteiger partial charge in [-0.1, -0.05) is 41.9 Å². The van der Waals surface area contributed by atoms with Gasteiger partial charge in [0.2, 0.25) is 12.4 Å². The Balaban J connectivity index is 0.000000351. The quantitative estimate of drug-likeness (QED) is 0.155. The molecule has 0 radical (unpaired) electrons. The summed E-state index contributed by atoms with van der Waals surface area (Å²) in [4.78, 5) is 17.7. The van der Waals surface area contributed by atoms with Gasteiger partial charge in [0.1, 0.15) is 12.4 Å². The fraction of sp³-hybridized carbons (Fsp3) is 0.242. The Morgan fingerprint density at radius 3 is 2.47 bits per heavy atom. The minimum atomic E-state index is 0.482. The second kappa shape index (κ2) is 15.0. The first-order valence-corrected chi connectivity index (χ1v) is 14.8. The smallest absolute Gasteiger partial charge is 0.247 e. The topological polar surface area (TPSA) is 95.8 Å². The van der Waals surface area contributed by atoms with Crippen molar-refractivity contribution in [1.82, 2.24) is 24.8 Å². The van der Waals surface area contributed by atoms with Gasteiger partial charge in [-0.2, -0.15) is 4.98 Å². The first-order valence-electron chi connectivity index (χ1n) is 14.4. The van der Waals surface area contributed by atoms with Crippen molar-refractivity contribution in [2.45, 2.75) is 19.4 Å². The van der Waals surface area contributed by atoms with Crippen LogP contribution in [-0.2, 0) is 11.3 Å². The molecule has 1 amide bonds. The van der Waals surface area contributed by atoms with Gasteiger partial charge >= 0.3 is 0 Å². The fourth-order valence-corrected chi connectivity index (χ4v) is 5.07. The number of aromatic nitrogens is 3. The minimum absolute atomic E-state index is 0.482. The number of hydrogen-bond acceptors (Lipinski definition) is 7. The molecular weight excluding hydrogens is 562 g/mol. The van der Waals surface area contributed by atoms with E-state index in [2.05, 4.69) is 30.9 Å². The summed E-state index contributed by atoms with van der Waals surface area (Å²) in [5.41, 5.74) is 5.63. The lowest BCUT2D eigenvalue weighted by atomic mass is 10.1. The first kappa shape index (κ1) is 29.9. The van der Waals surface area contributed by atoms with Crippen molar-refractivity contribution in [3.8, 4) is 17.0 Å². The van der Waals surface area contributed by atoms with Crippen LogP contribution in [0.3, 0.4) is 0 Å². The lowest BCUT2D eigenvalue weighted by Gasteiger charge is -2.15. The molecule has 0 unspecified atom stereocenters. The predicted octanol–water partition coefficient (Wildman–Crippen LogP) is 6.24. The number of nitrogens with zero attached hydrogens (tertiary/aromatic N) is 4. The summed E-state index contributed by atoms with van der Waals surface area (Å²) in [6.45, 7) is 4.53. The Morgan fingerprint density at radius 2 is 1.72 bits per heavy atom. The summed E-state index contributed by atoms with van der Waals surface area (Å²) >= 11 is 5.68. The van der Waals surface area contributed by atoms with Crippen molar-refractivity contribution in [1.29, 1.82) is 0 Å². The van der Waals surface area contributed by atoms with Gasteiger partial charge in [-0.15, -0.1) is 5.10 Å². The summed E-state index contributed by atoms with van der Waals surface area (Å²) in [5, 5.41) is 14.4. The fourth-order valence-electron chi connectivity index (χ4n) is 4.88. The number of amides is 1. The summed E-state index contributed by atoms with van der Waals surface area (Å²) in [6, 6.07) is 29.4. The highest BCUT2D eigenvalue weighted by atomic mass is 35.5. The van der Waals surface area contributed by atoms with Gasteiger partial charge in [0.15, 0.2) is 5.65 Å². The summed E-state index contributed by atoms with van der Waals surface area (Å²) < 4.78 is 7.72. The molecule has 0 bridgehead atoms. The number of carbonyl (C=O) groups is 1. The van der Waals surface area contributed by atoms with Gasteiger partial charge in [-0.05, 0) is 92.2 Å². The molecule has 43 heavy (non-hydrogen) atoms. The molecule has 222 valence electrons. The normalized spacial score (nSPS) is 12.8. The molecule has 0 atom stereocenters. The van der Waals surface area contributed by atoms with Crippen molar-refractivity contribution in [2.24, 2.45) is 0 Å². The van der Waals surface area contributed by atoms with Gasteiger partial charge < -0.3 is 20.7 Å². The third kappa shape index (κ3) is 8.47. The van der Waals surface area contributed by atoms with Gasteiger partial charge in [-0.25, -0.2) is 4.52 Å². The number of hydrogen-bond donors (Lipinski definition) is 3. The molecule has 1 saturated heterocycles. The molecule has 5 aromatic rings. The van der Waals surface area contributed by atoms with Crippen molar-refractivity contribution >= 4 is 41.0 Å². The van der Waals surface area contributed by atoms with E-state index in [4.69, 9.17) is 16.3 Å². The minimum Gasteiger partial charge on any atom is -0.492 e. The third-order valence-electron chi connectivity index (χ3n) is 7.07. The molecule has 0 saturated carbocycles. The molecule has 3 N–H and O–H groups in total. The van der Waals surface area contributed by atoms with Gasteiger partial charge in [0.05, 0.1) is 5.69 Å². The van der Waals surface area contributed by atoms with Crippen LogP contribution in [0.5, 0.6) is 5.75 Å². The number of halogens is 1. The summed E-state index contributed by atoms with van der Waals surface area (Å²) in [5.74, 6) is 1.38. The second-order valence-electron chi connectivity index (χ2n) is 10.1. The van der Waals surface area contributed by atoms with E-state index in [9.17, 15) is 4.79 Å². The van der Waals surface area contributed by atoms with E-state index in [1.165, 1.54) is 25.9 Å². The zero-order chi connectivity index (χ0) is 29.9. The van der Waals surface area contributed by atoms with E-state index in [0.717, 1.165) is 51.2 Å². The van der Waals surface area contributed by atoms with Gasteiger partial charge in [0, 0.05) is 42.1 Å². The molecule has 3 heterocycles. The lowest BCUT2D eigenvalue weighted by molar-refractivity contribution is -0.109. The second-order valence-corrected chi connectivity index (χ2v) is 10.6. The maximum Gasteiger partial charge on any atom is 0.247 e. The van der Waals surface area contributed by atoms with Crippen molar-refractivity contribution in [3.05, 3.63) is 102 Å². The van der Waals surface area contributed by atoms with Crippen LogP contribution in [-0.4, -0.2) is 59.2 Å². The number of benzene rings is 3. The Hall–Kier alpha value is -4.60. The lowest BCUT2D eigenvalue weighted by Crippen LogP contribution is -2.25. The number of likely N-dealkylation sites (tertiary alicyclic amines) is 1. The van der Waals surface area contributed by atoms with E-state index in [1.807, 2.05) is 103 Å². The van der Waals surface area contributed by atoms with E-state index < -0.39 is 0 Å². The number of rotatable bonds is 11. The molecule has 1 aliphatic heterocycles. The third-order valence-corrected chi connectivity index (χ3v) is 7.31. The maximum absolute atomic E-state index is 10.6. The van der Waals surface area contributed by atoms with Crippen LogP contribution in [0.1, 0.15) is 18.4 Å². The monoisotopic (exact) mass is 597 g/mol. The first-order chi connectivity index (χ1) is 21.1. The SMILES string of the molecule is CNc1cccc(Cl)c1.O=CNCc1cccc(-c2cccc3nc(Nc4ccc(OCCN5CCCC5)cc4)nn23)c1. The van der Waals surface area contributed by atoms with E-state index in [1.54, 1.807) is 0 Å². The van der Waals surface area contributed by atoms with Gasteiger partial charge in [0.25, 0.3) is 0 Å². The van der Waals surface area contributed by atoms with Crippen LogP contribution in [0.2, 0.25) is 5.02 Å². The maximum atomic E-state index is 10.6. The molecule has 6 rings (SSSR count). The molecule has 2 aromatic heterocycles. The number of fused-ring (bicyclic) bond motifs is 1. The number of anilines is 3. The largest absolute Gasteiger partial charge is 0.492 e. The molecule has 1 aliphatic rings. The molecule has 10 heteroatoms. The van der Waals surface area contributed by atoms with E-state index >= 15 is 0 Å². The number of nitrogens with one attached hydrogen (secondary N) is 3. The van der Waals surface area contributed by atoms with E-state index in [0.29, 0.717) is 25.5 Å². The number of ether oxygens (including phenoxy) is 1. The zero-order valence-corrected chi connectivity index (χ0v) is 24.9. The van der Waals surface area contributed by atoms with Crippen molar-refractivity contribution in [2.75, 3.05) is 43.9 Å². The zero-order valence-electron chi connectivity index (χ0n) is 24.2. The molecular formula is C33H36ClN7O2. The Labute approximate surface area is 256 Å². The highest BCUT2D eigenvalue weighted by Crippen LogP contribution is 2.24. The van der Waals surface area contributed by atoms with E-state index in [-0.39, 0.29) is 0 Å². The van der Waals surface area contributed by atoms with Gasteiger partial charge in [-0.3, -0.25) is 9.69 Å². The average Bonchev–Trinajstić information content (AvgIpc) is 3.71. The van der Waals surface area contributed by atoms with Crippen LogP contribution in [0.4, 0.5) is 17.3 Å². The molecule has 1 fully saturated rings. The van der Waals surface area contributed by atoms with Crippen LogP contribution in [0.15, 0.2) is 91.0 Å². The highest BCUT2D eigenvalue weighted by Gasteiger charge is 2.12. The Kier molecular flexibility index (Phi) is 10.5. The molecule has 0 aliphatic carbocycles. The van der Waals surface area contributed by atoms with Crippen molar-refractivity contribution in [3.63, 3.8) is 0 Å². The standard InChI is InChI=1S/C26H28N6O2.C7H8ClN/c33-19-27-18-20-5-3-6-21(17-20)24-7-4-8-25-29-26(30-32(24)25)28-22-9-11-23(12-10-22)34-16-15-31-13-1-2-14-31;1-9-7-4-2-3-6(8)5-7/h3-12,17,19H,1-2,13-16,18H2,(H,27,33)(H,28,30);2-5,9H,1H3. The number of carbonyl (C=O) groups excluding carboxylic acids is 1. The Bertz CT molecular complexity index is 1620. The molecule has 9 nitrogen and oxygen atoms in total.